The second-order valence-corrected chi connectivity index (χ2v) is 17.1. The summed E-state index contributed by atoms with van der Waals surface area (Å²) in [6.07, 6.45) is 8.71. The van der Waals surface area contributed by atoms with Crippen LogP contribution in [0, 0.1) is 23.7 Å². The van der Waals surface area contributed by atoms with E-state index in [0.29, 0.717) is 59.8 Å². The van der Waals surface area contributed by atoms with Crippen molar-refractivity contribution in [3.8, 4) is 28.4 Å². The van der Waals surface area contributed by atoms with E-state index in [2.05, 4.69) is 43.4 Å². The molecule has 310 valence electrons. The Kier molecular flexibility index (Phi) is 13.7. The molecule has 0 atom stereocenters. The number of amides is 3. The van der Waals surface area contributed by atoms with Crippen molar-refractivity contribution < 1.29 is 23.9 Å². The molecule has 12 heteroatoms. The Morgan fingerprint density at radius 3 is 2.16 bits per heavy atom. The highest BCUT2D eigenvalue weighted by molar-refractivity contribution is 6.00. The van der Waals surface area contributed by atoms with E-state index >= 15 is 0 Å². The summed E-state index contributed by atoms with van der Waals surface area (Å²) in [4.78, 5) is 46.9. The largest absolute Gasteiger partial charge is 0.496 e. The average molecular weight is 784 g/mol. The standard InChI is InChI=1S/C45H65N7O5/c1-8-9-18-47-44(55)45(33-23-30-22-31(25-33)26-34(45)24-30)48-42(53)36-28-38(41-39(56-6)13-10-14-40(41)57-7)52(49-36)37-16-15-32(27-35(37)29(2)3)43(54)51(5)21-12-20-50(4)19-11-17-46/h10,13-16,27-31,33-34H,8-9,11-12,17-26,46H2,1-7H3,(H,47,55)(H,48,53). The van der Waals surface area contributed by atoms with Crippen LogP contribution in [-0.4, -0.2) is 104 Å². The second kappa shape index (κ2) is 18.4. The van der Waals surface area contributed by atoms with Gasteiger partial charge in [-0.25, -0.2) is 4.68 Å². The van der Waals surface area contributed by atoms with E-state index in [9.17, 15) is 14.4 Å². The molecule has 4 saturated carbocycles. The van der Waals surface area contributed by atoms with Crippen LogP contribution in [0.3, 0.4) is 0 Å². The number of nitrogens with two attached hydrogens (primary N) is 1. The molecule has 2 aromatic carbocycles. The number of nitrogens with one attached hydrogen (secondary N) is 2. The number of aromatic nitrogens is 2. The van der Waals surface area contributed by atoms with Crippen LogP contribution in [-0.2, 0) is 4.79 Å². The lowest BCUT2D eigenvalue weighted by atomic mass is 9.48. The molecule has 3 amide bonds. The molecule has 1 aromatic heterocycles. The first-order valence-corrected chi connectivity index (χ1v) is 21.2. The maximum Gasteiger partial charge on any atom is 0.272 e. The van der Waals surface area contributed by atoms with Crippen LogP contribution in [0.1, 0.15) is 111 Å². The highest BCUT2D eigenvalue weighted by atomic mass is 16.5. The molecular formula is C45H65N7O5. The topological polar surface area (TPSA) is 144 Å². The van der Waals surface area contributed by atoms with E-state index in [1.807, 2.05) is 43.4 Å². The Morgan fingerprint density at radius 1 is 0.912 bits per heavy atom. The molecule has 57 heavy (non-hydrogen) atoms. The van der Waals surface area contributed by atoms with Gasteiger partial charge < -0.3 is 35.6 Å². The predicted molar refractivity (Wildman–Crippen MR) is 224 cm³/mol. The lowest BCUT2D eigenvalue weighted by molar-refractivity contribution is -0.145. The number of benzene rings is 2. The van der Waals surface area contributed by atoms with E-state index in [0.717, 1.165) is 75.7 Å². The van der Waals surface area contributed by atoms with Crippen LogP contribution in [0.5, 0.6) is 11.5 Å². The summed E-state index contributed by atoms with van der Waals surface area (Å²) >= 11 is 0. The van der Waals surface area contributed by atoms with Gasteiger partial charge >= 0.3 is 0 Å². The van der Waals surface area contributed by atoms with Crippen molar-refractivity contribution in [2.45, 2.75) is 90.0 Å². The van der Waals surface area contributed by atoms with E-state index in [-0.39, 0.29) is 41.2 Å². The van der Waals surface area contributed by atoms with Crippen LogP contribution in [0.15, 0.2) is 42.5 Å². The normalized spacial score (nSPS) is 22.2. The molecule has 7 rings (SSSR count). The average Bonchev–Trinajstić information content (AvgIpc) is 3.65. The number of nitrogens with zero attached hydrogens (tertiary/aromatic N) is 4. The minimum Gasteiger partial charge on any atom is -0.496 e. The fraction of sp³-hybridized carbons (Fsp3) is 0.600. The minimum absolute atomic E-state index is 0.00581. The Bertz CT molecular complexity index is 1840. The molecule has 4 fully saturated rings. The fourth-order valence-corrected chi connectivity index (χ4v) is 10.0. The quantitative estimate of drug-likeness (QED) is 0.121. The summed E-state index contributed by atoms with van der Waals surface area (Å²) in [5.41, 5.74) is 8.33. The lowest BCUT2D eigenvalue weighted by Gasteiger charge is -2.60. The fourth-order valence-electron chi connectivity index (χ4n) is 10.0. The molecule has 0 saturated heterocycles. The lowest BCUT2D eigenvalue weighted by Crippen LogP contribution is -2.72. The predicted octanol–water partition coefficient (Wildman–Crippen LogP) is 6.26. The number of hydrogen-bond donors (Lipinski definition) is 3. The summed E-state index contributed by atoms with van der Waals surface area (Å²) < 4.78 is 13.5. The summed E-state index contributed by atoms with van der Waals surface area (Å²) in [5, 5.41) is 11.6. The number of rotatable bonds is 19. The second-order valence-electron chi connectivity index (χ2n) is 17.1. The highest BCUT2D eigenvalue weighted by Gasteiger charge is 2.61. The first-order chi connectivity index (χ1) is 27.4. The third kappa shape index (κ3) is 8.72. The summed E-state index contributed by atoms with van der Waals surface area (Å²) in [7, 11) is 7.13. The van der Waals surface area contributed by atoms with Crippen molar-refractivity contribution in [1.29, 1.82) is 0 Å². The molecule has 1 heterocycles. The number of carbonyl (C=O) groups excluding carboxylic acids is 3. The maximum atomic E-state index is 14.7. The molecule has 4 bridgehead atoms. The van der Waals surface area contributed by atoms with Crippen molar-refractivity contribution in [3.05, 3.63) is 59.3 Å². The van der Waals surface area contributed by atoms with E-state index in [1.54, 1.807) is 29.9 Å². The van der Waals surface area contributed by atoms with Gasteiger partial charge in [-0.3, -0.25) is 14.4 Å². The number of carbonyl (C=O) groups is 3. The molecule has 0 aliphatic heterocycles. The molecule has 0 unspecified atom stereocenters. The van der Waals surface area contributed by atoms with Gasteiger partial charge in [-0.05, 0) is 150 Å². The molecular weight excluding hydrogens is 719 g/mol. The van der Waals surface area contributed by atoms with Gasteiger partial charge in [-0.1, -0.05) is 33.3 Å². The Hall–Kier alpha value is -4.42. The van der Waals surface area contributed by atoms with Crippen molar-refractivity contribution >= 4 is 17.7 Å². The highest BCUT2D eigenvalue weighted by Crippen LogP contribution is 2.58. The zero-order chi connectivity index (χ0) is 40.9. The van der Waals surface area contributed by atoms with Gasteiger partial charge in [-0.2, -0.15) is 5.10 Å². The van der Waals surface area contributed by atoms with Crippen molar-refractivity contribution in [2.75, 3.05) is 61.0 Å². The first kappa shape index (κ1) is 42.2. The molecule has 4 aliphatic rings. The number of hydrogen-bond acceptors (Lipinski definition) is 8. The van der Waals surface area contributed by atoms with E-state index in [1.165, 1.54) is 6.42 Å². The minimum atomic E-state index is -0.985. The van der Waals surface area contributed by atoms with Gasteiger partial charge in [-0.15, -0.1) is 0 Å². The molecule has 4 aliphatic carbocycles. The Morgan fingerprint density at radius 2 is 1.56 bits per heavy atom. The van der Waals surface area contributed by atoms with Crippen LogP contribution in [0.2, 0.25) is 0 Å². The number of methoxy groups -OCH3 is 2. The SMILES string of the molecule is CCCCNC(=O)C1(NC(=O)c2cc(-c3c(OC)cccc3OC)n(-c3ccc(C(=O)N(C)CCCN(C)CCCN)cc3C(C)C)n2)C2CC3CC(C2)CC1C3. The molecule has 3 aromatic rings. The van der Waals surface area contributed by atoms with Crippen molar-refractivity contribution in [3.63, 3.8) is 0 Å². The van der Waals surface area contributed by atoms with E-state index < -0.39 is 5.54 Å². The van der Waals surface area contributed by atoms with Gasteiger partial charge in [0.25, 0.3) is 11.8 Å². The van der Waals surface area contributed by atoms with Crippen LogP contribution >= 0.6 is 0 Å². The van der Waals surface area contributed by atoms with Gasteiger partial charge in [0.05, 0.1) is 31.2 Å². The zero-order valence-corrected chi connectivity index (χ0v) is 35.2. The van der Waals surface area contributed by atoms with Crippen molar-refractivity contribution in [2.24, 2.45) is 29.4 Å². The summed E-state index contributed by atoms with van der Waals surface area (Å²) in [6.45, 7) is 9.97. The van der Waals surface area contributed by atoms with Crippen LogP contribution in [0.4, 0.5) is 0 Å². The zero-order valence-electron chi connectivity index (χ0n) is 35.2. The molecule has 0 radical (unpaired) electrons. The third-order valence-electron chi connectivity index (χ3n) is 12.8. The summed E-state index contributed by atoms with van der Waals surface area (Å²) in [5.74, 6) is 2.03. The Balaban J connectivity index is 1.38. The van der Waals surface area contributed by atoms with Gasteiger partial charge in [0, 0.05) is 25.7 Å². The maximum absolute atomic E-state index is 14.7. The van der Waals surface area contributed by atoms with Crippen molar-refractivity contribution in [1.82, 2.24) is 30.2 Å². The molecule has 12 nitrogen and oxygen atoms in total. The van der Waals surface area contributed by atoms with Crippen LogP contribution < -0.4 is 25.8 Å². The van der Waals surface area contributed by atoms with Gasteiger partial charge in [0.15, 0.2) is 5.69 Å². The van der Waals surface area contributed by atoms with Gasteiger partial charge in [0.2, 0.25) is 5.91 Å². The summed E-state index contributed by atoms with van der Waals surface area (Å²) in [6, 6.07) is 13.0. The smallest absolute Gasteiger partial charge is 0.272 e. The van der Waals surface area contributed by atoms with Gasteiger partial charge in [0.1, 0.15) is 17.0 Å². The third-order valence-corrected chi connectivity index (χ3v) is 12.8. The first-order valence-electron chi connectivity index (χ1n) is 21.2. The molecule has 4 N–H and O–H groups in total. The Labute approximate surface area is 339 Å². The number of ether oxygens (including phenoxy) is 2. The van der Waals surface area contributed by atoms with E-state index in [4.69, 9.17) is 20.3 Å². The number of unbranched alkanes of at least 4 members (excludes halogenated alkanes) is 1. The van der Waals surface area contributed by atoms with Crippen LogP contribution in [0.25, 0.3) is 16.9 Å². The monoisotopic (exact) mass is 784 g/mol. The molecule has 0 spiro atoms.